The van der Waals surface area contributed by atoms with E-state index in [0.717, 1.165) is 25.3 Å². The van der Waals surface area contributed by atoms with Crippen LogP contribution in [0, 0.1) is 12.8 Å². The average Bonchev–Trinajstić information content (AvgIpc) is 3.32. The van der Waals surface area contributed by atoms with Crippen molar-refractivity contribution >= 4 is 11.9 Å². The number of aliphatic imine (C=N–C) groups is 1. The second-order valence-corrected chi connectivity index (χ2v) is 5.34. The van der Waals surface area contributed by atoms with Crippen molar-refractivity contribution in [2.45, 2.75) is 26.3 Å². The lowest BCUT2D eigenvalue weighted by Crippen LogP contribution is -2.41. The van der Waals surface area contributed by atoms with Gasteiger partial charge in [0.05, 0.1) is 0 Å². The number of nitrogens with one attached hydrogen (secondary N) is 3. The lowest BCUT2D eigenvalue weighted by atomic mass is 10.1. The molecule has 0 radical (unpaired) electrons. The van der Waals surface area contributed by atoms with Gasteiger partial charge in [0, 0.05) is 32.6 Å². The van der Waals surface area contributed by atoms with E-state index in [4.69, 9.17) is 0 Å². The number of aryl methyl sites for hydroxylation is 1. The molecule has 1 aromatic rings. The Morgan fingerprint density at radius 1 is 1.19 bits per heavy atom. The highest BCUT2D eigenvalue weighted by atomic mass is 16.2. The van der Waals surface area contributed by atoms with Crippen LogP contribution in [0.3, 0.4) is 0 Å². The second kappa shape index (κ2) is 7.67. The number of benzene rings is 1. The Bertz CT molecular complexity index is 509. The monoisotopic (exact) mass is 288 g/mol. The van der Waals surface area contributed by atoms with Crippen molar-refractivity contribution in [1.29, 1.82) is 0 Å². The molecule has 0 aliphatic heterocycles. The molecule has 114 valence electrons. The van der Waals surface area contributed by atoms with Gasteiger partial charge in [0.2, 0.25) is 5.91 Å². The first kappa shape index (κ1) is 15.4. The van der Waals surface area contributed by atoms with Crippen LogP contribution in [0.15, 0.2) is 29.3 Å². The van der Waals surface area contributed by atoms with Gasteiger partial charge in [-0.05, 0) is 30.9 Å². The molecule has 21 heavy (non-hydrogen) atoms. The van der Waals surface area contributed by atoms with E-state index >= 15 is 0 Å². The van der Waals surface area contributed by atoms with Crippen molar-refractivity contribution in [2.24, 2.45) is 10.9 Å². The highest BCUT2D eigenvalue weighted by Crippen LogP contribution is 2.28. The zero-order valence-corrected chi connectivity index (χ0v) is 12.8. The molecule has 2 rings (SSSR count). The summed E-state index contributed by atoms with van der Waals surface area (Å²) in [6.07, 6.45) is 2.08. The highest BCUT2D eigenvalue weighted by Gasteiger charge is 2.28. The Morgan fingerprint density at radius 2 is 1.90 bits per heavy atom. The number of rotatable bonds is 6. The van der Waals surface area contributed by atoms with Crippen LogP contribution in [-0.4, -0.2) is 32.0 Å². The number of nitrogens with zero attached hydrogens (tertiary/aromatic N) is 1. The molecule has 1 saturated carbocycles. The van der Waals surface area contributed by atoms with Gasteiger partial charge in [-0.3, -0.25) is 9.79 Å². The summed E-state index contributed by atoms with van der Waals surface area (Å²) in [5.41, 5.74) is 2.51. The Balaban J connectivity index is 1.66. The second-order valence-electron chi connectivity index (χ2n) is 5.34. The standard InChI is InChI=1S/C16H24N4O/c1-12-5-3-4-6-14(12)11-20-16(17-2)19-10-9-18-15(21)13-7-8-13/h3-6,13H,7-11H2,1-2H3,(H,18,21)(H2,17,19,20). The van der Waals surface area contributed by atoms with E-state index < -0.39 is 0 Å². The van der Waals surface area contributed by atoms with E-state index in [9.17, 15) is 4.79 Å². The van der Waals surface area contributed by atoms with Gasteiger partial charge in [-0.15, -0.1) is 0 Å². The minimum Gasteiger partial charge on any atom is -0.355 e. The van der Waals surface area contributed by atoms with Crippen LogP contribution in [0.25, 0.3) is 0 Å². The topological polar surface area (TPSA) is 65.5 Å². The zero-order chi connectivity index (χ0) is 15.1. The number of carbonyl (C=O) groups is 1. The van der Waals surface area contributed by atoms with Crippen molar-refractivity contribution in [3.8, 4) is 0 Å². The number of guanidine groups is 1. The molecule has 0 aromatic heterocycles. The summed E-state index contributed by atoms with van der Waals surface area (Å²) in [4.78, 5) is 15.7. The van der Waals surface area contributed by atoms with Crippen molar-refractivity contribution in [3.05, 3.63) is 35.4 Å². The smallest absolute Gasteiger partial charge is 0.223 e. The average molecular weight is 288 g/mol. The lowest BCUT2D eigenvalue weighted by Gasteiger charge is -2.13. The van der Waals surface area contributed by atoms with Gasteiger partial charge in [0.15, 0.2) is 5.96 Å². The van der Waals surface area contributed by atoms with Crippen LogP contribution >= 0.6 is 0 Å². The van der Waals surface area contributed by atoms with Crippen molar-refractivity contribution in [1.82, 2.24) is 16.0 Å². The maximum atomic E-state index is 11.5. The quantitative estimate of drug-likeness (QED) is 0.418. The summed E-state index contributed by atoms with van der Waals surface area (Å²) < 4.78 is 0. The first-order chi connectivity index (χ1) is 10.2. The Hall–Kier alpha value is -2.04. The predicted octanol–water partition coefficient (Wildman–Crippen LogP) is 1.19. The van der Waals surface area contributed by atoms with Gasteiger partial charge in [-0.25, -0.2) is 0 Å². The van der Waals surface area contributed by atoms with Crippen LogP contribution < -0.4 is 16.0 Å². The predicted molar refractivity (Wildman–Crippen MR) is 85.1 cm³/mol. The summed E-state index contributed by atoms with van der Waals surface area (Å²) in [7, 11) is 1.75. The first-order valence-electron chi connectivity index (χ1n) is 7.47. The fourth-order valence-electron chi connectivity index (χ4n) is 2.06. The number of hydrogen-bond donors (Lipinski definition) is 3. The van der Waals surface area contributed by atoms with Crippen LogP contribution in [-0.2, 0) is 11.3 Å². The largest absolute Gasteiger partial charge is 0.355 e. The molecule has 5 nitrogen and oxygen atoms in total. The summed E-state index contributed by atoms with van der Waals surface area (Å²) in [6, 6.07) is 8.27. The highest BCUT2D eigenvalue weighted by molar-refractivity contribution is 5.81. The maximum absolute atomic E-state index is 11.5. The molecule has 3 N–H and O–H groups in total. The van der Waals surface area contributed by atoms with E-state index in [1.54, 1.807) is 7.05 Å². The molecule has 0 unspecified atom stereocenters. The Labute approximate surface area is 126 Å². The molecule has 0 saturated heterocycles. The normalized spacial score (nSPS) is 14.7. The first-order valence-corrected chi connectivity index (χ1v) is 7.47. The molecule has 0 atom stereocenters. The molecular formula is C16H24N4O. The van der Waals surface area contributed by atoms with Gasteiger partial charge in [-0.1, -0.05) is 24.3 Å². The molecule has 5 heteroatoms. The van der Waals surface area contributed by atoms with Crippen LogP contribution in [0.4, 0.5) is 0 Å². The molecule has 0 spiro atoms. The third-order valence-electron chi connectivity index (χ3n) is 3.60. The number of amides is 1. The molecule has 0 bridgehead atoms. The summed E-state index contributed by atoms with van der Waals surface area (Å²) in [6.45, 7) is 4.13. The van der Waals surface area contributed by atoms with Gasteiger partial charge >= 0.3 is 0 Å². The van der Waals surface area contributed by atoms with Gasteiger partial charge in [0.25, 0.3) is 0 Å². The third-order valence-corrected chi connectivity index (χ3v) is 3.60. The van der Waals surface area contributed by atoms with E-state index in [1.165, 1.54) is 11.1 Å². The van der Waals surface area contributed by atoms with E-state index in [2.05, 4.69) is 40.0 Å². The molecule has 1 aliphatic rings. The van der Waals surface area contributed by atoms with Crippen LogP contribution in [0.2, 0.25) is 0 Å². The number of hydrogen-bond acceptors (Lipinski definition) is 2. The van der Waals surface area contributed by atoms with Crippen molar-refractivity contribution in [2.75, 3.05) is 20.1 Å². The van der Waals surface area contributed by atoms with Gasteiger partial charge in [0.1, 0.15) is 0 Å². The van der Waals surface area contributed by atoms with E-state index in [-0.39, 0.29) is 11.8 Å². The van der Waals surface area contributed by atoms with E-state index in [0.29, 0.717) is 13.1 Å². The minimum absolute atomic E-state index is 0.180. The van der Waals surface area contributed by atoms with Crippen LogP contribution in [0.1, 0.15) is 24.0 Å². The van der Waals surface area contributed by atoms with Crippen LogP contribution in [0.5, 0.6) is 0 Å². The Kier molecular flexibility index (Phi) is 5.60. The molecule has 1 amide bonds. The summed E-state index contributed by atoms with van der Waals surface area (Å²) >= 11 is 0. The SMILES string of the molecule is CN=C(NCCNC(=O)C1CC1)NCc1ccccc1C. The van der Waals surface area contributed by atoms with Gasteiger partial charge in [-0.2, -0.15) is 0 Å². The molecule has 1 aliphatic carbocycles. The third kappa shape index (κ3) is 5.10. The Morgan fingerprint density at radius 3 is 2.57 bits per heavy atom. The van der Waals surface area contributed by atoms with E-state index in [1.807, 2.05) is 12.1 Å². The van der Waals surface area contributed by atoms with Crippen molar-refractivity contribution < 1.29 is 4.79 Å². The summed E-state index contributed by atoms with van der Waals surface area (Å²) in [5, 5.41) is 9.40. The minimum atomic E-state index is 0.180. The number of carbonyl (C=O) groups excluding carboxylic acids is 1. The lowest BCUT2D eigenvalue weighted by molar-refractivity contribution is -0.122. The summed E-state index contributed by atoms with van der Waals surface area (Å²) in [5.74, 6) is 1.20. The zero-order valence-electron chi connectivity index (χ0n) is 12.8. The molecular weight excluding hydrogens is 264 g/mol. The maximum Gasteiger partial charge on any atom is 0.223 e. The molecule has 0 heterocycles. The molecule has 1 fully saturated rings. The molecule has 1 aromatic carbocycles. The fraction of sp³-hybridized carbons (Fsp3) is 0.500. The van der Waals surface area contributed by atoms with Crippen molar-refractivity contribution in [3.63, 3.8) is 0 Å². The van der Waals surface area contributed by atoms with Gasteiger partial charge < -0.3 is 16.0 Å². The fourth-order valence-corrected chi connectivity index (χ4v) is 2.06.